The maximum Gasteiger partial charge on any atom is 0.250 e. The topological polar surface area (TPSA) is 137 Å². The van der Waals surface area contributed by atoms with Crippen LogP contribution in [0.15, 0.2) is 63.2 Å². The van der Waals surface area contributed by atoms with Gasteiger partial charge in [-0.1, -0.05) is 0 Å². The summed E-state index contributed by atoms with van der Waals surface area (Å²) in [7, 11) is -4.57. The third kappa shape index (κ3) is 6.98. The fourth-order valence-corrected chi connectivity index (χ4v) is 6.60. The number of halogens is 2. The van der Waals surface area contributed by atoms with E-state index in [2.05, 4.69) is 9.44 Å². The number of aryl methyl sites for hydroxylation is 1. The van der Waals surface area contributed by atoms with E-state index in [1.165, 1.54) is 36.9 Å². The summed E-state index contributed by atoms with van der Waals surface area (Å²) in [5.74, 6) is -1.67. The fraction of sp³-hybridized carbons (Fsp3) is 0.346. The lowest BCUT2D eigenvalue weighted by Crippen LogP contribution is -2.35. The van der Waals surface area contributed by atoms with E-state index in [1.54, 1.807) is 27.7 Å². The summed E-state index contributed by atoms with van der Waals surface area (Å²) in [5, 5.41) is 0. The van der Waals surface area contributed by atoms with E-state index in [4.69, 9.17) is 0 Å². The van der Waals surface area contributed by atoms with E-state index in [9.17, 15) is 30.6 Å². The number of hydrogen-bond donors (Lipinski definition) is 2. The van der Waals surface area contributed by atoms with Crippen molar-refractivity contribution in [1.29, 1.82) is 0 Å². The standard InChI is InChI=1S/C26H31F2N3O6S3/c1-15(29-38(33)26(3,4)5)19-12-25(32)31(6)14-22(19)21-11-20(16(2)30-39(34)35)23(28)13-24(21)40(36,37)18-9-7-17(27)8-10-18/h7-16,29-30H,1-6H3,(H,34,35)/p-1/t15-,16?,38?/m0/s1. The normalized spacial score (nSPS) is 15.4. The molecule has 40 heavy (non-hydrogen) atoms. The van der Waals surface area contributed by atoms with E-state index in [0.29, 0.717) is 0 Å². The highest BCUT2D eigenvalue weighted by atomic mass is 32.2. The zero-order valence-electron chi connectivity index (χ0n) is 22.7. The number of nitrogens with zero attached hydrogens (tertiary/aromatic N) is 1. The summed E-state index contributed by atoms with van der Waals surface area (Å²) in [4.78, 5) is 11.9. The van der Waals surface area contributed by atoms with Gasteiger partial charge in [-0.25, -0.2) is 30.9 Å². The Bertz CT molecular complexity index is 1640. The summed E-state index contributed by atoms with van der Waals surface area (Å²) < 4.78 is 97.5. The van der Waals surface area contributed by atoms with Crippen molar-refractivity contribution in [3.8, 4) is 11.1 Å². The summed E-state index contributed by atoms with van der Waals surface area (Å²) in [5.41, 5.74) is -0.147. The molecule has 2 aromatic carbocycles. The molecule has 1 heterocycles. The lowest BCUT2D eigenvalue weighted by molar-refractivity contribution is 0.505. The summed E-state index contributed by atoms with van der Waals surface area (Å²) in [6.07, 6.45) is 1.38. The fourth-order valence-electron chi connectivity index (χ4n) is 3.91. The molecular weight excluding hydrogens is 584 g/mol. The first-order chi connectivity index (χ1) is 18.4. The number of pyridine rings is 1. The molecule has 0 radical (unpaired) electrons. The van der Waals surface area contributed by atoms with E-state index in [0.717, 1.165) is 30.3 Å². The van der Waals surface area contributed by atoms with Crippen LogP contribution in [0.3, 0.4) is 0 Å². The Morgan fingerprint density at radius 1 is 0.925 bits per heavy atom. The molecule has 0 saturated heterocycles. The van der Waals surface area contributed by atoms with E-state index in [-0.39, 0.29) is 27.1 Å². The van der Waals surface area contributed by atoms with Crippen LogP contribution < -0.4 is 15.0 Å². The van der Waals surface area contributed by atoms with Crippen molar-refractivity contribution in [2.75, 3.05) is 0 Å². The second-order valence-electron chi connectivity index (χ2n) is 10.2. The first kappa shape index (κ1) is 31.9. The molecule has 218 valence electrons. The molecule has 0 fully saturated rings. The molecular formula is C26H30F2N3O6S3-. The Labute approximate surface area is 236 Å². The minimum absolute atomic E-state index is 0.0353. The average molecular weight is 615 g/mol. The molecule has 0 aliphatic heterocycles. The minimum atomic E-state index is -4.45. The molecule has 0 saturated carbocycles. The third-order valence-corrected chi connectivity index (χ3v) is 10.1. The highest BCUT2D eigenvalue weighted by molar-refractivity contribution is 7.91. The predicted octanol–water partition coefficient (Wildman–Crippen LogP) is 3.72. The van der Waals surface area contributed by atoms with Gasteiger partial charge in [0.2, 0.25) is 9.84 Å². The lowest BCUT2D eigenvalue weighted by Gasteiger charge is -2.25. The van der Waals surface area contributed by atoms with Gasteiger partial charge in [0.25, 0.3) is 5.56 Å². The number of rotatable bonds is 9. The maximum absolute atomic E-state index is 15.4. The smallest absolute Gasteiger partial charge is 0.250 e. The van der Waals surface area contributed by atoms with Gasteiger partial charge in [-0.05, 0) is 76.6 Å². The first-order valence-corrected chi connectivity index (χ1v) is 15.7. The van der Waals surface area contributed by atoms with Crippen LogP contribution in [0.1, 0.15) is 57.8 Å². The van der Waals surface area contributed by atoms with Gasteiger partial charge in [-0.3, -0.25) is 9.00 Å². The first-order valence-electron chi connectivity index (χ1n) is 12.0. The van der Waals surface area contributed by atoms with Crippen molar-refractivity contribution < 1.29 is 30.2 Å². The summed E-state index contributed by atoms with van der Waals surface area (Å²) in [6, 6.07) is 5.42. The number of hydrogen-bond acceptors (Lipinski definition) is 6. The summed E-state index contributed by atoms with van der Waals surface area (Å²) >= 11 is -2.75. The van der Waals surface area contributed by atoms with Crippen LogP contribution in [0.25, 0.3) is 11.1 Å². The van der Waals surface area contributed by atoms with Crippen LogP contribution in [-0.2, 0) is 39.1 Å². The SMILES string of the molecule is CC(NS(=O)[O-])c1cc(-c2cn(C)c(=O)cc2[C@H](C)NS(=O)C(C)(C)C)c(S(=O)(=O)c2ccc(F)cc2)cc1F. The molecule has 0 aliphatic rings. The van der Waals surface area contributed by atoms with Gasteiger partial charge in [-0.2, -0.15) is 0 Å². The van der Waals surface area contributed by atoms with Crippen molar-refractivity contribution in [3.63, 3.8) is 0 Å². The average Bonchev–Trinajstić information content (AvgIpc) is 2.84. The highest BCUT2D eigenvalue weighted by Gasteiger charge is 2.29. The van der Waals surface area contributed by atoms with Gasteiger partial charge in [-0.15, -0.1) is 0 Å². The Morgan fingerprint density at radius 3 is 2.05 bits per heavy atom. The second kappa shape index (κ2) is 12.1. The van der Waals surface area contributed by atoms with Crippen molar-refractivity contribution in [2.45, 2.75) is 61.2 Å². The highest BCUT2D eigenvalue weighted by Crippen LogP contribution is 2.38. The zero-order valence-corrected chi connectivity index (χ0v) is 25.1. The summed E-state index contributed by atoms with van der Waals surface area (Å²) in [6.45, 7) is 8.28. The Kier molecular flexibility index (Phi) is 9.64. The second-order valence-corrected chi connectivity index (χ2v) is 14.8. The quantitative estimate of drug-likeness (QED) is 0.279. The van der Waals surface area contributed by atoms with Crippen molar-refractivity contribution in [1.82, 2.24) is 14.0 Å². The maximum atomic E-state index is 15.4. The largest absolute Gasteiger partial charge is 0.760 e. The van der Waals surface area contributed by atoms with E-state index < -0.39 is 71.0 Å². The molecule has 0 aliphatic carbocycles. The van der Waals surface area contributed by atoms with Crippen LogP contribution in [-0.4, -0.2) is 30.7 Å². The third-order valence-electron chi connectivity index (χ3n) is 6.11. The van der Waals surface area contributed by atoms with Crippen LogP contribution in [0.2, 0.25) is 0 Å². The van der Waals surface area contributed by atoms with Gasteiger partial charge < -0.3 is 9.12 Å². The van der Waals surface area contributed by atoms with Crippen LogP contribution in [0.4, 0.5) is 8.78 Å². The number of nitrogens with one attached hydrogen (secondary N) is 2. The van der Waals surface area contributed by atoms with E-state index >= 15 is 4.39 Å². The van der Waals surface area contributed by atoms with Gasteiger partial charge in [0.05, 0.1) is 25.5 Å². The van der Waals surface area contributed by atoms with Gasteiger partial charge in [0.1, 0.15) is 11.6 Å². The van der Waals surface area contributed by atoms with Gasteiger partial charge in [0.15, 0.2) is 0 Å². The molecule has 0 bridgehead atoms. The minimum Gasteiger partial charge on any atom is -0.760 e. The molecule has 9 nitrogen and oxygen atoms in total. The number of sulfone groups is 1. The van der Waals surface area contributed by atoms with Crippen LogP contribution >= 0.6 is 0 Å². The number of aromatic nitrogens is 1. The number of benzene rings is 2. The van der Waals surface area contributed by atoms with Gasteiger partial charge >= 0.3 is 0 Å². The molecule has 0 spiro atoms. The van der Waals surface area contributed by atoms with Crippen molar-refractivity contribution in [3.05, 3.63) is 81.8 Å². The molecule has 4 atom stereocenters. The van der Waals surface area contributed by atoms with Crippen molar-refractivity contribution in [2.24, 2.45) is 7.05 Å². The molecule has 3 rings (SSSR count). The van der Waals surface area contributed by atoms with E-state index in [1.807, 2.05) is 0 Å². The molecule has 14 heteroatoms. The van der Waals surface area contributed by atoms with Crippen LogP contribution in [0.5, 0.6) is 0 Å². The predicted molar refractivity (Wildman–Crippen MR) is 149 cm³/mol. The molecule has 1 aromatic heterocycles. The zero-order chi connectivity index (χ0) is 30.2. The van der Waals surface area contributed by atoms with Gasteiger partial charge in [0, 0.05) is 59.4 Å². The molecule has 3 unspecified atom stereocenters. The van der Waals surface area contributed by atoms with Crippen molar-refractivity contribution >= 4 is 32.1 Å². The Balaban J connectivity index is 2.38. The molecule has 2 N–H and O–H groups in total. The Hall–Kier alpha value is -2.62. The monoisotopic (exact) mass is 614 g/mol. The Morgan fingerprint density at radius 2 is 1.50 bits per heavy atom. The lowest BCUT2D eigenvalue weighted by atomic mass is 9.95. The molecule has 0 amide bonds. The molecule has 3 aromatic rings. The van der Waals surface area contributed by atoms with Crippen LogP contribution in [0, 0.1) is 11.6 Å².